The van der Waals surface area contributed by atoms with Crippen LogP contribution in [-0.4, -0.2) is 22.4 Å². The summed E-state index contributed by atoms with van der Waals surface area (Å²) in [5, 5.41) is 6.38. The second-order valence-corrected chi connectivity index (χ2v) is 5.58. The molecule has 1 aromatic heterocycles. The molecule has 0 unspecified atom stereocenters. The number of hydrogen-bond donors (Lipinski definition) is 2. The van der Waals surface area contributed by atoms with Crippen LogP contribution in [0.5, 0.6) is 5.75 Å². The maximum atomic E-state index is 11.3. The third-order valence-corrected chi connectivity index (χ3v) is 3.65. The number of anilines is 4. The number of aromatic nitrogens is 2. The van der Waals surface area contributed by atoms with E-state index < -0.39 is 0 Å². The summed E-state index contributed by atoms with van der Waals surface area (Å²) < 4.78 is 5.60. The molecule has 0 spiro atoms. The average Bonchev–Trinajstić information content (AvgIpc) is 2.64. The molecule has 0 radical (unpaired) electrons. The van der Waals surface area contributed by atoms with Crippen molar-refractivity contribution < 1.29 is 9.53 Å². The van der Waals surface area contributed by atoms with Crippen molar-refractivity contribution in [1.29, 1.82) is 0 Å². The fourth-order valence-electron chi connectivity index (χ4n) is 2.40. The molecule has 3 aromatic rings. The van der Waals surface area contributed by atoms with E-state index in [-0.39, 0.29) is 5.78 Å². The summed E-state index contributed by atoms with van der Waals surface area (Å²) in [5.41, 5.74) is 2.32. The fraction of sp³-hybridized carbons (Fsp3) is 0.150. The summed E-state index contributed by atoms with van der Waals surface area (Å²) in [5.74, 6) is 1.89. The van der Waals surface area contributed by atoms with Crippen LogP contribution in [-0.2, 0) is 0 Å². The van der Waals surface area contributed by atoms with Gasteiger partial charge in [-0.2, -0.15) is 4.98 Å². The summed E-state index contributed by atoms with van der Waals surface area (Å²) in [6, 6.07) is 16.7. The molecular weight excluding hydrogens is 328 g/mol. The lowest BCUT2D eigenvalue weighted by atomic mass is 10.1. The van der Waals surface area contributed by atoms with E-state index >= 15 is 0 Å². The van der Waals surface area contributed by atoms with E-state index in [1.165, 1.54) is 0 Å². The van der Waals surface area contributed by atoms with Crippen molar-refractivity contribution in [3.8, 4) is 5.75 Å². The van der Waals surface area contributed by atoms with Crippen molar-refractivity contribution in [3.05, 3.63) is 66.4 Å². The molecule has 0 atom stereocenters. The van der Waals surface area contributed by atoms with Crippen LogP contribution in [0.1, 0.15) is 24.2 Å². The zero-order chi connectivity index (χ0) is 18.4. The maximum Gasteiger partial charge on any atom is 0.229 e. The molecule has 0 fully saturated rings. The number of ether oxygens (including phenoxy) is 1. The minimum Gasteiger partial charge on any atom is -0.492 e. The van der Waals surface area contributed by atoms with Crippen molar-refractivity contribution >= 4 is 28.9 Å². The Bertz CT molecular complexity index is 894. The molecule has 1 heterocycles. The fourth-order valence-corrected chi connectivity index (χ4v) is 2.40. The molecule has 0 saturated carbocycles. The Morgan fingerprint density at radius 2 is 1.81 bits per heavy atom. The Labute approximate surface area is 152 Å². The molecule has 26 heavy (non-hydrogen) atoms. The van der Waals surface area contributed by atoms with Gasteiger partial charge in [-0.15, -0.1) is 0 Å². The quantitative estimate of drug-likeness (QED) is 0.609. The van der Waals surface area contributed by atoms with Crippen LogP contribution in [0.2, 0.25) is 0 Å². The Kier molecular flexibility index (Phi) is 5.43. The lowest BCUT2D eigenvalue weighted by Crippen LogP contribution is -2.02. The number of hydrogen-bond acceptors (Lipinski definition) is 6. The SMILES string of the molecule is CCOc1ccccc1Nc1nccc(Nc2ccc(C(C)=O)cc2)n1. The zero-order valence-corrected chi connectivity index (χ0v) is 14.7. The van der Waals surface area contributed by atoms with Gasteiger partial charge in [0.25, 0.3) is 0 Å². The molecule has 3 rings (SSSR count). The van der Waals surface area contributed by atoms with Crippen molar-refractivity contribution in [2.24, 2.45) is 0 Å². The highest BCUT2D eigenvalue weighted by molar-refractivity contribution is 5.94. The largest absolute Gasteiger partial charge is 0.492 e. The van der Waals surface area contributed by atoms with Gasteiger partial charge >= 0.3 is 0 Å². The summed E-state index contributed by atoms with van der Waals surface area (Å²) in [7, 11) is 0. The predicted molar refractivity (Wildman–Crippen MR) is 103 cm³/mol. The van der Waals surface area contributed by atoms with Crippen molar-refractivity contribution in [1.82, 2.24) is 9.97 Å². The van der Waals surface area contributed by atoms with E-state index in [0.29, 0.717) is 23.9 Å². The number of nitrogens with zero attached hydrogens (tertiary/aromatic N) is 2. The van der Waals surface area contributed by atoms with Crippen LogP contribution in [0.3, 0.4) is 0 Å². The number of benzene rings is 2. The van der Waals surface area contributed by atoms with E-state index in [1.54, 1.807) is 31.3 Å². The van der Waals surface area contributed by atoms with Gasteiger partial charge in [-0.1, -0.05) is 12.1 Å². The van der Waals surface area contributed by atoms with Crippen LogP contribution in [0.25, 0.3) is 0 Å². The van der Waals surface area contributed by atoms with Crippen molar-refractivity contribution in [2.75, 3.05) is 17.2 Å². The lowest BCUT2D eigenvalue weighted by molar-refractivity contribution is 0.101. The van der Waals surface area contributed by atoms with E-state index in [2.05, 4.69) is 20.6 Å². The summed E-state index contributed by atoms with van der Waals surface area (Å²) in [6.45, 7) is 4.07. The highest BCUT2D eigenvalue weighted by Crippen LogP contribution is 2.26. The third kappa shape index (κ3) is 4.36. The van der Waals surface area contributed by atoms with Crippen LogP contribution in [0.4, 0.5) is 23.1 Å². The van der Waals surface area contributed by atoms with E-state index in [0.717, 1.165) is 17.1 Å². The van der Waals surface area contributed by atoms with Gasteiger partial charge in [0.15, 0.2) is 5.78 Å². The first-order chi connectivity index (χ1) is 12.7. The minimum absolute atomic E-state index is 0.0398. The first-order valence-electron chi connectivity index (χ1n) is 8.35. The first-order valence-corrected chi connectivity index (χ1v) is 8.35. The highest BCUT2D eigenvalue weighted by Gasteiger charge is 2.06. The minimum atomic E-state index is 0.0398. The van der Waals surface area contributed by atoms with Crippen LogP contribution >= 0.6 is 0 Å². The van der Waals surface area contributed by atoms with Gasteiger partial charge in [0.2, 0.25) is 5.95 Å². The second-order valence-electron chi connectivity index (χ2n) is 5.58. The van der Waals surface area contributed by atoms with Gasteiger partial charge < -0.3 is 15.4 Å². The molecule has 6 nitrogen and oxygen atoms in total. The molecule has 0 saturated heterocycles. The maximum absolute atomic E-state index is 11.3. The van der Waals surface area contributed by atoms with Gasteiger partial charge in [0, 0.05) is 17.4 Å². The summed E-state index contributed by atoms with van der Waals surface area (Å²) in [4.78, 5) is 20.1. The number of para-hydroxylation sites is 2. The average molecular weight is 348 g/mol. The molecule has 0 amide bonds. The predicted octanol–water partition coefficient (Wildman–Crippen LogP) is 4.57. The molecule has 0 aliphatic heterocycles. The number of ketones is 1. The molecule has 0 aliphatic carbocycles. The highest BCUT2D eigenvalue weighted by atomic mass is 16.5. The summed E-state index contributed by atoms with van der Waals surface area (Å²) >= 11 is 0. The Morgan fingerprint density at radius 1 is 1.04 bits per heavy atom. The zero-order valence-electron chi connectivity index (χ0n) is 14.7. The van der Waals surface area contributed by atoms with Crippen LogP contribution < -0.4 is 15.4 Å². The lowest BCUT2D eigenvalue weighted by Gasteiger charge is -2.12. The number of Topliss-reactive ketones (excluding diaryl/α,β-unsaturated/α-hetero) is 1. The molecule has 132 valence electrons. The van der Waals surface area contributed by atoms with E-state index in [1.807, 2.05) is 43.3 Å². The van der Waals surface area contributed by atoms with Crippen LogP contribution in [0, 0.1) is 0 Å². The standard InChI is InChI=1S/C20H20N4O2/c1-3-26-18-7-5-4-6-17(18)23-20-21-13-12-19(24-20)22-16-10-8-15(9-11-16)14(2)25/h4-13H,3H2,1-2H3,(H2,21,22,23,24). The van der Waals surface area contributed by atoms with Crippen LogP contribution in [0.15, 0.2) is 60.8 Å². The molecule has 0 aliphatic rings. The van der Waals surface area contributed by atoms with Crippen molar-refractivity contribution in [3.63, 3.8) is 0 Å². The smallest absolute Gasteiger partial charge is 0.229 e. The molecule has 2 N–H and O–H groups in total. The Hall–Kier alpha value is -3.41. The van der Waals surface area contributed by atoms with Gasteiger partial charge in [0.05, 0.1) is 12.3 Å². The van der Waals surface area contributed by atoms with Gasteiger partial charge in [-0.05, 0) is 56.3 Å². The topological polar surface area (TPSA) is 76.1 Å². The van der Waals surface area contributed by atoms with Gasteiger partial charge in [0.1, 0.15) is 11.6 Å². The Morgan fingerprint density at radius 3 is 2.54 bits per heavy atom. The number of nitrogens with one attached hydrogen (secondary N) is 2. The second kappa shape index (κ2) is 8.11. The molecule has 6 heteroatoms. The summed E-state index contributed by atoms with van der Waals surface area (Å²) in [6.07, 6.45) is 1.67. The monoisotopic (exact) mass is 348 g/mol. The third-order valence-electron chi connectivity index (χ3n) is 3.65. The Balaban J connectivity index is 1.75. The van der Waals surface area contributed by atoms with Crippen molar-refractivity contribution in [2.45, 2.75) is 13.8 Å². The normalized spacial score (nSPS) is 10.2. The molecular formula is C20H20N4O2. The number of carbonyl (C=O) groups is 1. The van der Waals surface area contributed by atoms with Gasteiger partial charge in [-0.25, -0.2) is 4.98 Å². The molecule has 0 bridgehead atoms. The number of carbonyl (C=O) groups excluding carboxylic acids is 1. The first kappa shape index (κ1) is 17.4. The molecule has 2 aromatic carbocycles. The van der Waals surface area contributed by atoms with E-state index in [4.69, 9.17) is 4.74 Å². The van der Waals surface area contributed by atoms with Gasteiger partial charge in [-0.3, -0.25) is 4.79 Å². The van der Waals surface area contributed by atoms with E-state index in [9.17, 15) is 4.79 Å². The number of rotatable bonds is 7.